The van der Waals surface area contributed by atoms with Crippen LogP contribution in [-0.2, 0) is 4.74 Å². The van der Waals surface area contributed by atoms with E-state index >= 15 is 0 Å². The largest absolute Gasteiger partial charge is 0.448 e. The average Bonchev–Trinajstić information content (AvgIpc) is 2.44. The number of hydrogen-bond acceptors (Lipinski definition) is 4. The molecule has 1 aromatic rings. The summed E-state index contributed by atoms with van der Waals surface area (Å²) >= 11 is 0. The summed E-state index contributed by atoms with van der Waals surface area (Å²) in [5, 5.41) is 11.2. The van der Waals surface area contributed by atoms with Crippen molar-refractivity contribution in [3.63, 3.8) is 0 Å². The third-order valence-electron chi connectivity index (χ3n) is 2.53. The number of nitrogens with zero attached hydrogens (tertiary/aromatic N) is 2. The smallest absolute Gasteiger partial charge is 0.407 e. The molecule has 102 valence electrons. The van der Waals surface area contributed by atoms with Gasteiger partial charge < -0.3 is 15.0 Å². The number of para-hydroxylation sites is 1. The van der Waals surface area contributed by atoms with Crippen molar-refractivity contribution < 1.29 is 9.53 Å². The number of amides is 1. The summed E-state index contributed by atoms with van der Waals surface area (Å²) < 4.78 is 5.04. The van der Waals surface area contributed by atoms with Crippen molar-refractivity contribution in [1.82, 2.24) is 5.32 Å². The van der Waals surface area contributed by atoms with Gasteiger partial charge in [-0.05, 0) is 19.1 Å². The topological polar surface area (TPSA) is 65.4 Å². The number of carbonyl (C=O) groups excluding carboxylic acids is 1. The molecule has 19 heavy (non-hydrogen) atoms. The molecule has 0 saturated heterocycles. The first-order valence-corrected chi connectivity index (χ1v) is 6.35. The van der Waals surface area contributed by atoms with E-state index in [0.717, 1.165) is 5.69 Å². The molecule has 0 radical (unpaired) electrons. The van der Waals surface area contributed by atoms with E-state index in [1.165, 1.54) is 0 Å². The highest BCUT2D eigenvalue weighted by atomic mass is 16.5. The Labute approximate surface area is 113 Å². The van der Waals surface area contributed by atoms with Gasteiger partial charge in [-0.1, -0.05) is 18.2 Å². The Morgan fingerprint density at radius 2 is 2.11 bits per heavy atom. The lowest BCUT2D eigenvalue weighted by molar-refractivity contribution is 0.149. The summed E-state index contributed by atoms with van der Waals surface area (Å²) in [6.07, 6.45) is 0.0339. The van der Waals surface area contributed by atoms with Gasteiger partial charge in [0, 0.05) is 18.8 Å². The monoisotopic (exact) mass is 261 g/mol. The van der Waals surface area contributed by atoms with Gasteiger partial charge in [0.05, 0.1) is 19.0 Å². The molecular weight excluding hydrogens is 242 g/mol. The fraction of sp³-hybridized carbons (Fsp3) is 0.429. The van der Waals surface area contributed by atoms with E-state index in [1.54, 1.807) is 0 Å². The third-order valence-corrected chi connectivity index (χ3v) is 2.53. The average molecular weight is 261 g/mol. The molecule has 0 aromatic heterocycles. The molecule has 1 amide bonds. The molecule has 1 rings (SSSR count). The van der Waals surface area contributed by atoms with Crippen LogP contribution in [-0.4, -0.2) is 32.3 Å². The van der Waals surface area contributed by atoms with E-state index in [1.807, 2.05) is 42.2 Å². The van der Waals surface area contributed by atoms with Crippen LogP contribution >= 0.6 is 0 Å². The number of hydrogen-bond donors (Lipinski definition) is 1. The zero-order valence-corrected chi connectivity index (χ0v) is 11.1. The van der Waals surface area contributed by atoms with Crippen molar-refractivity contribution in [3.8, 4) is 6.07 Å². The van der Waals surface area contributed by atoms with E-state index < -0.39 is 6.09 Å². The molecule has 0 fully saturated rings. The molecular formula is C14H19N3O2. The van der Waals surface area contributed by atoms with Gasteiger partial charge in [0.25, 0.3) is 0 Å². The van der Waals surface area contributed by atoms with Crippen LogP contribution in [0, 0.1) is 11.3 Å². The van der Waals surface area contributed by atoms with Crippen molar-refractivity contribution >= 4 is 11.8 Å². The van der Waals surface area contributed by atoms with Gasteiger partial charge in [-0.15, -0.1) is 0 Å². The van der Waals surface area contributed by atoms with Gasteiger partial charge in [0.15, 0.2) is 0 Å². The Hall–Kier alpha value is -2.22. The zero-order valence-electron chi connectivity index (χ0n) is 11.1. The Balaban J connectivity index is 2.47. The van der Waals surface area contributed by atoms with E-state index in [9.17, 15) is 4.79 Å². The lowest BCUT2D eigenvalue weighted by Crippen LogP contribution is -2.31. The molecule has 5 heteroatoms. The van der Waals surface area contributed by atoms with E-state index in [0.29, 0.717) is 32.7 Å². The van der Waals surface area contributed by atoms with Crippen molar-refractivity contribution in [3.05, 3.63) is 30.3 Å². The van der Waals surface area contributed by atoms with Crippen LogP contribution in [0.3, 0.4) is 0 Å². The Morgan fingerprint density at radius 3 is 2.74 bits per heavy atom. The van der Waals surface area contributed by atoms with E-state index in [4.69, 9.17) is 10.00 Å². The van der Waals surface area contributed by atoms with Crippen molar-refractivity contribution in [2.24, 2.45) is 0 Å². The maximum atomic E-state index is 11.2. The van der Waals surface area contributed by atoms with Gasteiger partial charge in [0.2, 0.25) is 0 Å². The maximum Gasteiger partial charge on any atom is 0.407 e. The highest BCUT2D eigenvalue weighted by molar-refractivity contribution is 5.67. The van der Waals surface area contributed by atoms with Crippen LogP contribution in [0.15, 0.2) is 30.3 Å². The van der Waals surface area contributed by atoms with Crippen LogP contribution in [0.1, 0.15) is 13.3 Å². The molecule has 0 bridgehead atoms. The van der Waals surface area contributed by atoms with Crippen LogP contribution in [0.2, 0.25) is 0 Å². The fourth-order valence-electron chi connectivity index (χ4n) is 1.64. The van der Waals surface area contributed by atoms with Crippen molar-refractivity contribution in [2.45, 2.75) is 13.3 Å². The molecule has 0 heterocycles. The van der Waals surface area contributed by atoms with Gasteiger partial charge in [0.1, 0.15) is 6.61 Å². The second-order valence-corrected chi connectivity index (χ2v) is 3.90. The van der Waals surface area contributed by atoms with Crippen molar-refractivity contribution in [2.75, 3.05) is 31.1 Å². The molecule has 0 aliphatic heterocycles. The lowest BCUT2D eigenvalue weighted by Gasteiger charge is -2.23. The van der Waals surface area contributed by atoms with Crippen LogP contribution in [0.4, 0.5) is 10.5 Å². The Bertz CT molecular complexity index is 414. The van der Waals surface area contributed by atoms with Gasteiger partial charge in [-0.3, -0.25) is 0 Å². The predicted octanol–water partition coefficient (Wildman–Crippen LogP) is 2.15. The first kappa shape index (κ1) is 14.8. The molecule has 0 unspecified atom stereocenters. The second-order valence-electron chi connectivity index (χ2n) is 3.90. The number of carbonyl (C=O) groups is 1. The Morgan fingerprint density at radius 1 is 1.37 bits per heavy atom. The normalized spacial score (nSPS) is 9.47. The van der Waals surface area contributed by atoms with Crippen LogP contribution in [0.5, 0.6) is 0 Å². The van der Waals surface area contributed by atoms with Crippen LogP contribution < -0.4 is 10.2 Å². The van der Waals surface area contributed by atoms with Crippen LogP contribution in [0.25, 0.3) is 0 Å². The summed E-state index contributed by atoms with van der Waals surface area (Å²) in [7, 11) is 0. The first-order valence-electron chi connectivity index (χ1n) is 6.35. The molecule has 1 N–H and O–H groups in total. The number of alkyl carbamates (subject to hydrolysis) is 1. The van der Waals surface area contributed by atoms with Gasteiger partial charge in [-0.25, -0.2) is 4.79 Å². The fourth-order valence-corrected chi connectivity index (χ4v) is 1.64. The minimum atomic E-state index is -0.407. The van der Waals surface area contributed by atoms with E-state index in [-0.39, 0.29) is 0 Å². The summed E-state index contributed by atoms with van der Waals surface area (Å²) in [5.41, 5.74) is 1.03. The number of benzene rings is 1. The van der Waals surface area contributed by atoms with Gasteiger partial charge >= 0.3 is 6.09 Å². The first-order chi connectivity index (χ1) is 9.27. The number of nitriles is 1. The summed E-state index contributed by atoms with van der Waals surface area (Å²) in [5.74, 6) is 0. The minimum Gasteiger partial charge on any atom is -0.448 e. The highest BCUT2D eigenvalue weighted by Gasteiger charge is 2.07. The highest BCUT2D eigenvalue weighted by Crippen LogP contribution is 2.13. The second kappa shape index (κ2) is 8.81. The number of anilines is 1. The number of ether oxygens (including phenoxy) is 1. The van der Waals surface area contributed by atoms with Gasteiger partial charge in [-0.2, -0.15) is 5.26 Å². The molecule has 1 aromatic carbocycles. The maximum absolute atomic E-state index is 11.2. The minimum absolute atomic E-state index is 0.298. The molecule has 0 aliphatic rings. The SMILES string of the molecule is CCNC(=O)OCCN(CCC#N)c1ccccc1. The summed E-state index contributed by atoms with van der Waals surface area (Å²) in [6.45, 7) is 3.88. The van der Waals surface area contributed by atoms with Crippen molar-refractivity contribution in [1.29, 1.82) is 5.26 Å². The summed E-state index contributed by atoms with van der Waals surface area (Å²) in [4.78, 5) is 13.2. The quantitative estimate of drug-likeness (QED) is 0.816. The molecule has 5 nitrogen and oxygen atoms in total. The number of rotatable bonds is 7. The molecule has 0 spiro atoms. The Kier molecular flexibility index (Phi) is 6.88. The third kappa shape index (κ3) is 5.77. The molecule has 0 aliphatic carbocycles. The zero-order chi connectivity index (χ0) is 13.9. The lowest BCUT2D eigenvalue weighted by atomic mass is 10.2. The number of nitrogens with one attached hydrogen (secondary N) is 1. The van der Waals surface area contributed by atoms with E-state index in [2.05, 4.69) is 11.4 Å². The standard InChI is InChI=1S/C14H19N3O2/c1-2-16-14(18)19-12-11-17(10-6-9-15)13-7-4-3-5-8-13/h3-5,7-8H,2,6,10-12H2,1H3,(H,16,18). The molecule has 0 atom stereocenters. The molecule has 0 saturated carbocycles. The predicted molar refractivity (Wildman–Crippen MR) is 73.9 cm³/mol. The summed E-state index contributed by atoms with van der Waals surface area (Å²) in [6, 6.07) is 11.9.